The van der Waals surface area contributed by atoms with Crippen molar-refractivity contribution in [2.24, 2.45) is 0 Å². The molecule has 1 heterocycles. The summed E-state index contributed by atoms with van der Waals surface area (Å²) in [6.45, 7) is 3.59. The number of benzene rings is 1. The van der Waals surface area contributed by atoms with Gasteiger partial charge >= 0.3 is 0 Å². The minimum atomic E-state index is -0.321. The van der Waals surface area contributed by atoms with Crippen LogP contribution < -0.4 is 5.32 Å². The number of nitrogens with zero attached hydrogens (tertiary/aromatic N) is 1. The van der Waals surface area contributed by atoms with Crippen molar-refractivity contribution in [1.29, 1.82) is 0 Å². The van der Waals surface area contributed by atoms with Gasteiger partial charge in [-0.05, 0) is 60.1 Å². The summed E-state index contributed by atoms with van der Waals surface area (Å²) in [7, 11) is 0. The van der Waals surface area contributed by atoms with E-state index in [4.69, 9.17) is 0 Å². The zero-order valence-electron chi connectivity index (χ0n) is 10.2. The summed E-state index contributed by atoms with van der Waals surface area (Å²) in [4.78, 5) is 2.32. The third-order valence-corrected chi connectivity index (χ3v) is 4.28. The largest absolute Gasteiger partial charge is 0.390 e. The molecule has 1 fully saturated rings. The number of aliphatic hydroxyl groups is 1. The van der Waals surface area contributed by atoms with Crippen molar-refractivity contribution in [3.05, 3.63) is 27.1 Å². The zero-order chi connectivity index (χ0) is 13.0. The molecule has 5 heteroatoms. The molecule has 2 N–H and O–H groups in total. The molecule has 0 saturated carbocycles. The van der Waals surface area contributed by atoms with E-state index in [1.165, 1.54) is 12.8 Å². The summed E-state index contributed by atoms with van der Waals surface area (Å²) >= 11 is 6.92. The molecule has 100 valence electrons. The number of hydrogen-bond acceptors (Lipinski definition) is 3. The van der Waals surface area contributed by atoms with Gasteiger partial charge in [0.15, 0.2) is 0 Å². The molecule has 0 spiro atoms. The fraction of sp³-hybridized carbons (Fsp3) is 0.538. The Labute approximate surface area is 125 Å². The third kappa shape index (κ3) is 4.23. The van der Waals surface area contributed by atoms with Crippen LogP contribution in [-0.4, -0.2) is 42.3 Å². The van der Waals surface area contributed by atoms with Gasteiger partial charge in [0.25, 0.3) is 0 Å². The number of likely N-dealkylation sites (tertiary alicyclic amines) is 1. The van der Waals surface area contributed by atoms with Crippen LogP contribution in [0.25, 0.3) is 0 Å². The third-order valence-electron chi connectivity index (χ3n) is 3.13. The standard InChI is InChI=1S/C13H18Br2N2O/c14-10-3-4-13(12(15)7-10)16-8-11(18)9-17-5-1-2-6-17/h3-4,7,11,16,18H,1-2,5-6,8-9H2. The van der Waals surface area contributed by atoms with Gasteiger partial charge in [0.1, 0.15) is 0 Å². The molecule has 1 unspecified atom stereocenters. The molecule has 2 rings (SSSR count). The number of aliphatic hydroxyl groups excluding tert-OH is 1. The minimum Gasteiger partial charge on any atom is -0.390 e. The summed E-state index contributed by atoms with van der Waals surface area (Å²) in [5.41, 5.74) is 1.01. The van der Waals surface area contributed by atoms with E-state index < -0.39 is 0 Å². The van der Waals surface area contributed by atoms with Crippen LogP contribution in [0.2, 0.25) is 0 Å². The van der Waals surface area contributed by atoms with Gasteiger partial charge in [-0.3, -0.25) is 0 Å². The number of halogens is 2. The van der Waals surface area contributed by atoms with Gasteiger partial charge in [0, 0.05) is 27.7 Å². The van der Waals surface area contributed by atoms with Crippen LogP contribution >= 0.6 is 31.9 Å². The molecule has 3 nitrogen and oxygen atoms in total. The van der Waals surface area contributed by atoms with Crippen molar-refractivity contribution in [2.75, 3.05) is 31.5 Å². The predicted molar refractivity (Wildman–Crippen MR) is 82.0 cm³/mol. The van der Waals surface area contributed by atoms with Crippen molar-refractivity contribution < 1.29 is 5.11 Å². The Morgan fingerprint density at radius 1 is 1.28 bits per heavy atom. The van der Waals surface area contributed by atoms with Gasteiger partial charge in [-0.25, -0.2) is 0 Å². The van der Waals surface area contributed by atoms with E-state index in [0.29, 0.717) is 6.54 Å². The average Bonchev–Trinajstić information content (AvgIpc) is 2.80. The second-order valence-electron chi connectivity index (χ2n) is 4.67. The lowest BCUT2D eigenvalue weighted by Crippen LogP contribution is -2.34. The molecule has 0 bridgehead atoms. The SMILES string of the molecule is OC(CNc1ccc(Br)cc1Br)CN1CCCC1. The van der Waals surface area contributed by atoms with E-state index in [1.54, 1.807) is 0 Å². The van der Waals surface area contributed by atoms with Crippen molar-refractivity contribution >= 4 is 37.5 Å². The van der Waals surface area contributed by atoms with Crippen LogP contribution in [0.3, 0.4) is 0 Å². The molecule has 0 amide bonds. The Hall–Kier alpha value is -0.100. The van der Waals surface area contributed by atoms with Crippen LogP contribution in [0.4, 0.5) is 5.69 Å². The highest BCUT2D eigenvalue weighted by atomic mass is 79.9. The summed E-state index contributed by atoms with van der Waals surface area (Å²) < 4.78 is 2.04. The van der Waals surface area contributed by atoms with Crippen LogP contribution in [0, 0.1) is 0 Å². The van der Waals surface area contributed by atoms with Crippen LogP contribution in [-0.2, 0) is 0 Å². The average molecular weight is 378 g/mol. The van der Waals surface area contributed by atoms with Gasteiger partial charge in [0.2, 0.25) is 0 Å². The first-order chi connectivity index (χ1) is 8.65. The summed E-state index contributed by atoms with van der Waals surface area (Å²) in [5, 5.41) is 13.3. The first kappa shape index (κ1) is 14.3. The molecular formula is C13H18Br2N2O. The van der Waals surface area contributed by atoms with Crippen molar-refractivity contribution in [2.45, 2.75) is 18.9 Å². The maximum absolute atomic E-state index is 9.99. The van der Waals surface area contributed by atoms with Gasteiger partial charge < -0.3 is 15.3 Å². The normalized spacial score (nSPS) is 17.9. The van der Waals surface area contributed by atoms with Gasteiger partial charge in [0.05, 0.1) is 6.10 Å². The first-order valence-corrected chi connectivity index (χ1v) is 7.83. The second kappa shape index (κ2) is 6.89. The van der Waals surface area contributed by atoms with Crippen LogP contribution in [0.5, 0.6) is 0 Å². The Balaban J connectivity index is 1.79. The number of anilines is 1. The number of nitrogens with one attached hydrogen (secondary N) is 1. The van der Waals surface area contributed by atoms with E-state index in [0.717, 1.165) is 34.3 Å². The quantitative estimate of drug-likeness (QED) is 0.827. The highest BCUT2D eigenvalue weighted by Gasteiger charge is 2.15. The summed E-state index contributed by atoms with van der Waals surface area (Å²) in [6.07, 6.45) is 2.20. The van der Waals surface area contributed by atoms with E-state index in [-0.39, 0.29) is 6.10 Å². The van der Waals surface area contributed by atoms with Gasteiger partial charge in [-0.2, -0.15) is 0 Å². The molecule has 0 aromatic heterocycles. The molecule has 0 aliphatic carbocycles. The van der Waals surface area contributed by atoms with Crippen molar-refractivity contribution in [1.82, 2.24) is 4.90 Å². The fourth-order valence-corrected chi connectivity index (χ4v) is 3.38. The topological polar surface area (TPSA) is 35.5 Å². The smallest absolute Gasteiger partial charge is 0.0839 e. The molecule has 1 aliphatic rings. The Morgan fingerprint density at radius 3 is 2.67 bits per heavy atom. The monoisotopic (exact) mass is 376 g/mol. The molecule has 1 aliphatic heterocycles. The number of hydrogen-bond donors (Lipinski definition) is 2. The van der Waals surface area contributed by atoms with Crippen LogP contribution in [0.1, 0.15) is 12.8 Å². The lowest BCUT2D eigenvalue weighted by atomic mass is 10.3. The van der Waals surface area contributed by atoms with Crippen molar-refractivity contribution in [3.63, 3.8) is 0 Å². The van der Waals surface area contributed by atoms with Crippen molar-refractivity contribution in [3.8, 4) is 0 Å². The zero-order valence-corrected chi connectivity index (χ0v) is 13.4. The Kier molecular flexibility index (Phi) is 5.48. The van der Waals surface area contributed by atoms with Crippen LogP contribution in [0.15, 0.2) is 27.1 Å². The first-order valence-electron chi connectivity index (χ1n) is 6.24. The van der Waals surface area contributed by atoms with E-state index in [9.17, 15) is 5.11 Å². The predicted octanol–water partition coefficient (Wildman–Crippen LogP) is 3.08. The fourth-order valence-electron chi connectivity index (χ4n) is 2.19. The highest BCUT2D eigenvalue weighted by Crippen LogP contribution is 2.26. The molecule has 1 aromatic carbocycles. The second-order valence-corrected chi connectivity index (χ2v) is 6.44. The molecule has 1 saturated heterocycles. The molecule has 1 atom stereocenters. The van der Waals surface area contributed by atoms with Gasteiger partial charge in [-0.1, -0.05) is 15.9 Å². The van der Waals surface area contributed by atoms with E-state index in [2.05, 4.69) is 42.1 Å². The van der Waals surface area contributed by atoms with Gasteiger partial charge in [-0.15, -0.1) is 0 Å². The maximum Gasteiger partial charge on any atom is 0.0839 e. The molecule has 0 radical (unpaired) electrons. The summed E-state index contributed by atoms with van der Waals surface area (Å²) in [5.74, 6) is 0. The highest BCUT2D eigenvalue weighted by molar-refractivity contribution is 9.11. The molecule has 1 aromatic rings. The molecular weight excluding hydrogens is 360 g/mol. The lowest BCUT2D eigenvalue weighted by molar-refractivity contribution is 0.135. The van der Waals surface area contributed by atoms with E-state index in [1.807, 2.05) is 18.2 Å². The Bertz CT molecular complexity index is 395. The molecule has 18 heavy (non-hydrogen) atoms. The minimum absolute atomic E-state index is 0.321. The lowest BCUT2D eigenvalue weighted by Gasteiger charge is -2.20. The number of β-amino-alcohol motifs (C(OH)–C–C–N with tert-alkyl or cyclic N) is 1. The maximum atomic E-state index is 9.99. The number of rotatable bonds is 5. The van der Waals surface area contributed by atoms with E-state index >= 15 is 0 Å². The summed E-state index contributed by atoms with van der Waals surface area (Å²) in [6, 6.07) is 5.98. The Morgan fingerprint density at radius 2 is 2.00 bits per heavy atom.